The lowest BCUT2D eigenvalue weighted by molar-refractivity contribution is -0.291. The number of nitrogens with two attached hydrogens (primary N) is 1. The number of methoxy groups -OCH3 is 1. The zero-order chi connectivity index (χ0) is 18.7. The zero-order valence-corrected chi connectivity index (χ0v) is 14.4. The van der Waals surface area contributed by atoms with E-state index in [1.54, 1.807) is 0 Å². The third-order valence-electron chi connectivity index (χ3n) is 3.55. The Labute approximate surface area is 153 Å². The number of halogens is 6. The topological polar surface area (TPSA) is 44.5 Å². The molecule has 0 aliphatic carbocycles. The summed E-state index contributed by atoms with van der Waals surface area (Å²) < 4.78 is 74.7. The lowest BCUT2D eigenvalue weighted by atomic mass is 10.0. The Hall–Kier alpha value is -2.06. The molecule has 0 heterocycles. The Morgan fingerprint density at radius 3 is 2.12 bits per heavy atom. The first-order valence-corrected chi connectivity index (χ1v) is 7.21. The summed E-state index contributed by atoms with van der Waals surface area (Å²) in [7, 11) is 1.25. The highest BCUT2D eigenvalue weighted by Crippen LogP contribution is 2.44. The Morgan fingerprint density at radius 1 is 0.962 bits per heavy atom. The van der Waals surface area contributed by atoms with Gasteiger partial charge in [-0.15, -0.1) is 12.4 Å². The van der Waals surface area contributed by atoms with Gasteiger partial charge in [0.15, 0.2) is 11.5 Å². The average molecular weight is 398 g/mol. The summed E-state index contributed by atoms with van der Waals surface area (Å²) in [6.45, 7) is 0.182. The molecule has 0 saturated carbocycles. The van der Waals surface area contributed by atoms with Crippen LogP contribution in [-0.4, -0.2) is 19.2 Å². The lowest BCUT2D eigenvalue weighted by Gasteiger charge is -2.26. The first kappa shape index (κ1) is 22.0. The molecular formula is C17H17ClF5NO2. The van der Waals surface area contributed by atoms with Gasteiger partial charge in [0, 0.05) is 0 Å². The van der Waals surface area contributed by atoms with Gasteiger partial charge in [0.1, 0.15) is 12.6 Å². The van der Waals surface area contributed by atoms with Crippen molar-refractivity contribution in [3.63, 3.8) is 0 Å². The molecule has 0 radical (unpaired) electrons. The molecule has 0 fully saturated rings. The number of rotatable bonds is 6. The van der Waals surface area contributed by atoms with E-state index in [2.05, 4.69) is 0 Å². The number of ether oxygens (including phenoxy) is 2. The molecule has 0 unspecified atom stereocenters. The van der Waals surface area contributed by atoms with Gasteiger partial charge in [-0.2, -0.15) is 22.0 Å². The van der Waals surface area contributed by atoms with Crippen molar-refractivity contribution in [1.29, 1.82) is 0 Å². The molecule has 0 aliphatic rings. The Kier molecular flexibility index (Phi) is 7.23. The molecule has 1 atom stereocenters. The quantitative estimate of drug-likeness (QED) is 0.706. The van der Waals surface area contributed by atoms with Crippen LogP contribution in [0.15, 0.2) is 48.5 Å². The molecular weight excluding hydrogens is 381 g/mol. The summed E-state index contributed by atoms with van der Waals surface area (Å²) in [6, 6.07) is 9.89. The molecule has 144 valence electrons. The van der Waals surface area contributed by atoms with Crippen LogP contribution in [0.3, 0.4) is 0 Å². The maximum Gasteiger partial charge on any atom is 0.455 e. The standard InChI is InChI=1S/C17H16F5NO2.ClH/c1-24-14-9-12(15(23)16(18,19)17(20,21)22)7-8-13(14)25-10-11-5-3-2-4-6-11;/h2-9,15H,10,23H2,1H3;1H/t15-;/m1./s1. The fourth-order valence-corrected chi connectivity index (χ4v) is 2.12. The van der Waals surface area contributed by atoms with E-state index in [9.17, 15) is 22.0 Å². The first-order chi connectivity index (χ1) is 11.7. The summed E-state index contributed by atoms with van der Waals surface area (Å²) in [5.41, 5.74) is 5.58. The molecule has 2 rings (SSSR count). The summed E-state index contributed by atoms with van der Waals surface area (Å²) in [5, 5.41) is 0. The molecule has 3 nitrogen and oxygen atoms in total. The van der Waals surface area contributed by atoms with Crippen molar-refractivity contribution in [2.24, 2.45) is 5.73 Å². The first-order valence-electron chi connectivity index (χ1n) is 7.21. The summed E-state index contributed by atoms with van der Waals surface area (Å²) in [4.78, 5) is 0. The van der Waals surface area contributed by atoms with Crippen molar-refractivity contribution in [2.75, 3.05) is 7.11 Å². The second-order valence-electron chi connectivity index (χ2n) is 5.28. The van der Waals surface area contributed by atoms with E-state index in [-0.39, 0.29) is 30.5 Å². The monoisotopic (exact) mass is 397 g/mol. The fourth-order valence-electron chi connectivity index (χ4n) is 2.12. The highest BCUT2D eigenvalue weighted by atomic mass is 35.5. The van der Waals surface area contributed by atoms with Crippen LogP contribution >= 0.6 is 12.4 Å². The normalized spacial score (nSPS) is 12.9. The minimum atomic E-state index is -5.75. The highest BCUT2D eigenvalue weighted by Gasteiger charge is 2.61. The van der Waals surface area contributed by atoms with Crippen molar-refractivity contribution < 1.29 is 31.4 Å². The third kappa shape index (κ3) is 4.76. The molecule has 2 aromatic rings. The molecule has 0 spiro atoms. The average Bonchev–Trinajstić information content (AvgIpc) is 2.59. The Bertz CT molecular complexity index is 710. The van der Waals surface area contributed by atoms with Crippen LogP contribution in [0.5, 0.6) is 11.5 Å². The highest BCUT2D eigenvalue weighted by molar-refractivity contribution is 5.85. The molecule has 26 heavy (non-hydrogen) atoms. The van der Waals surface area contributed by atoms with Gasteiger partial charge in [-0.25, -0.2) is 0 Å². The molecule has 0 amide bonds. The Balaban J connectivity index is 0.00000338. The van der Waals surface area contributed by atoms with E-state index < -0.39 is 23.7 Å². The Morgan fingerprint density at radius 2 is 1.58 bits per heavy atom. The van der Waals surface area contributed by atoms with Gasteiger partial charge in [-0.1, -0.05) is 36.4 Å². The van der Waals surface area contributed by atoms with Crippen molar-refractivity contribution in [1.82, 2.24) is 0 Å². The SMILES string of the molecule is COc1cc([C@@H](N)C(F)(F)C(F)(F)F)ccc1OCc1ccccc1.Cl. The predicted octanol–water partition coefficient (Wildman–Crippen LogP) is 4.89. The fraction of sp³-hybridized carbons (Fsp3) is 0.294. The molecule has 0 saturated heterocycles. The zero-order valence-electron chi connectivity index (χ0n) is 13.6. The van der Waals surface area contributed by atoms with Gasteiger partial charge in [0.25, 0.3) is 0 Å². The number of hydrogen-bond acceptors (Lipinski definition) is 3. The van der Waals surface area contributed by atoms with Crippen LogP contribution in [0.2, 0.25) is 0 Å². The van der Waals surface area contributed by atoms with E-state index in [1.807, 2.05) is 30.3 Å². The number of benzene rings is 2. The maximum atomic E-state index is 13.4. The van der Waals surface area contributed by atoms with Crippen LogP contribution in [0.4, 0.5) is 22.0 Å². The molecule has 2 aromatic carbocycles. The van der Waals surface area contributed by atoms with Gasteiger partial charge in [0.2, 0.25) is 0 Å². The van der Waals surface area contributed by atoms with Gasteiger partial charge in [-0.05, 0) is 23.3 Å². The summed E-state index contributed by atoms with van der Waals surface area (Å²) in [5.74, 6) is -4.84. The third-order valence-corrected chi connectivity index (χ3v) is 3.55. The van der Waals surface area contributed by atoms with Gasteiger partial charge in [0.05, 0.1) is 7.11 Å². The molecule has 0 aliphatic heterocycles. The van der Waals surface area contributed by atoms with Crippen molar-refractivity contribution in [3.05, 3.63) is 59.7 Å². The van der Waals surface area contributed by atoms with Crippen molar-refractivity contribution >= 4 is 12.4 Å². The van der Waals surface area contributed by atoms with E-state index in [0.29, 0.717) is 0 Å². The summed E-state index contributed by atoms with van der Waals surface area (Å²) >= 11 is 0. The van der Waals surface area contributed by atoms with E-state index >= 15 is 0 Å². The molecule has 9 heteroatoms. The maximum absolute atomic E-state index is 13.4. The van der Waals surface area contributed by atoms with E-state index in [4.69, 9.17) is 15.2 Å². The number of alkyl halides is 5. The van der Waals surface area contributed by atoms with Crippen molar-refractivity contribution in [3.8, 4) is 11.5 Å². The summed E-state index contributed by atoms with van der Waals surface area (Å²) in [6.07, 6.45) is -5.75. The van der Waals surface area contributed by atoms with Crippen LogP contribution < -0.4 is 15.2 Å². The predicted molar refractivity (Wildman–Crippen MR) is 88.9 cm³/mol. The number of hydrogen-bond donors (Lipinski definition) is 1. The van der Waals surface area contributed by atoms with Crippen LogP contribution in [0.1, 0.15) is 17.2 Å². The largest absolute Gasteiger partial charge is 0.493 e. The minimum Gasteiger partial charge on any atom is -0.493 e. The lowest BCUT2D eigenvalue weighted by Crippen LogP contribution is -2.45. The smallest absolute Gasteiger partial charge is 0.455 e. The van der Waals surface area contributed by atoms with Crippen molar-refractivity contribution in [2.45, 2.75) is 24.7 Å². The van der Waals surface area contributed by atoms with Crippen LogP contribution in [0, 0.1) is 0 Å². The molecule has 0 bridgehead atoms. The van der Waals surface area contributed by atoms with Gasteiger partial charge < -0.3 is 15.2 Å². The van der Waals surface area contributed by atoms with E-state index in [0.717, 1.165) is 17.7 Å². The van der Waals surface area contributed by atoms with E-state index in [1.165, 1.54) is 13.2 Å². The van der Waals surface area contributed by atoms with Crippen LogP contribution in [0.25, 0.3) is 0 Å². The van der Waals surface area contributed by atoms with Crippen LogP contribution in [-0.2, 0) is 6.61 Å². The molecule has 0 aromatic heterocycles. The second-order valence-corrected chi connectivity index (χ2v) is 5.28. The minimum absolute atomic E-state index is 0. The molecule has 2 N–H and O–H groups in total. The second kappa shape index (κ2) is 8.55. The van der Waals surface area contributed by atoms with Gasteiger partial charge in [-0.3, -0.25) is 0 Å². The van der Waals surface area contributed by atoms with Gasteiger partial charge >= 0.3 is 12.1 Å².